The molecule has 0 bridgehead atoms. The van der Waals surface area contributed by atoms with Crippen molar-refractivity contribution in [3.63, 3.8) is 0 Å². The lowest BCUT2D eigenvalue weighted by atomic mass is 10.3. The van der Waals surface area contributed by atoms with E-state index < -0.39 is 0 Å². The monoisotopic (exact) mass is 277 g/mol. The summed E-state index contributed by atoms with van der Waals surface area (Å²) in [4.78, 5) is 1.24. The van der Waals surface area contributed by atoms with Crippen molar-refractivity contribution < 1.29 is 9.13 Å². The summed E-state index contributed by atoms with van der Waals surface area (Å²) in [5, 5.41) is 3.19. The SMILES string of the molecule is COc1ccc(NCCSc2ccccc2)cc1F. The van der Waals surface area contributed by atoms with Crippen LogP contribution >= 0.6 is 11.8 Å². The normalized spacial score (nSPS) is 10.2. The smallest absolute Gasteiger partial charge is 0.167 e. The Morgan fingerprint density at radius 3 is 2.63 bits per heavy atom. The van der Waals surface area contributed by atoms with E-state index in [9.17, 15) is 4.39 Å². The predicted molar refractivity (Wildman–Crippen MR) is 78.6 cm³/mol. The summed E-state index contributed by atoms with van der Waals surface area (Å²) in [6, 6.07) is 15.1. The van der Waals surface area contributed by atoms with E-state index >= 15 is 0 Å². The third-order valence-corrected chi connectivity index (χ3v) is 3.61. The van der Waals surface area contributed by atoms with Gasteiger partial charge in [-0.3, -0.25) is 0 Å². The number of benzene rings is 2. The molecule has 0 aliphatic carbocycles. The van der Waals surface area contributed by atoms with Crippen molar-refractivity contribution in [2.45, 2.75) is 4.90 Å². The molecule has 0 aliphatic heterocycles. The Kier molecular flexibility index (Phi) is 5.10. The second kappa shape index (κ2) is 7.04. The zero-order valence-electron chi connectivity index (χ0n) is 10.7. The third kappa shape index (κ3) is 4.17. The molecule has 0 saturated heterocycles. The first-order valence-electron chi connectivity index (χ1n) is 6.05. The highest BCUT2D eigenvalue weighted by Gasteiger charge is 2.02. The van der Waals surface area contributed by atoms with Gasteiger partial charge in [0.05, 0.1) is 7.11 Å². The van der Waals surface area contributed by atoms with Gasteiger partial charge in [0, 0.05) is 28.9 Å². The Labute approximate surface area is 117 Å². The Morgan fingerprint density at radius 2 is 1.95 bits per heavy atom. The molecule has 0 fully saturated rings. The van der Waals surface area contributed by atoms with Gasteiger partial charge in [0.25, 0.3) is 0 Å². The molecule has 0 radical (unpaired) electrons. The number of anilines is 1. The van der Waals surface area contributed by atoms with Crippen molar-refractivity contribution >= 4 is 17.4 Å². The fraction of sp³-hybridized carbons (Fsp3) is 0.200. The lowest BCUT2D eigenvalue weighted by Crippen LogP contribution is -2.04. The summed E-state index contributed by atoms with van der Waals surface area (Å²) in [6.45, 7) is 0.783. The summed E-state index contributed by atoms with van der Waals surface area (Å²) < 4.78 is 18.3. The van der Waals surface area contributed by atoms with Gasteiger partial charge in [0.2, 0.25) is 0 Å². The van der Waals surface area contributed by atoms with Crippen LogP contribution in [0.3, 0.4) is 0 Å². The minimum absolute atomic E-state index is 0.268. The van der Waals surface area contributed by atoms with Crippen LogP contribution < -0.4 is 10.1 Å². The second-order valence-electron chi connectivity index (χ2n) is 3.94. The molecule has 0 heterocycles. The standard InChI is InChI=1S/C15H16FNOS/c1-18-15-8-7-12(11-14(15)16)17-9-10-19-13-5-3-2-4-6-13/h2-8,11,17H,9-10H2,1H3. The van der Waals surface area contributed by atoms with Gasteiger partial charge in [-0.15, -0.1) is 11.8 Å². The van der Waals surface area contributed by atoms with Gasteiger partial charge in [0.1, 0.15) is 0 Å². The topological polar surface area (TPSA) is 21.3 Å². The highest BCUT2D eigenvalue weighted by atomic mass is 32.2. The van der Waals surface area contributed by atoms with Crippen molar-refractivity contribution in [2.75, 3.05) is 24.7 Å². The molecule has 0 aliphatic rings. The van der Waals surface area contributed by atoms with Crippen LogP contribution in [-0.2, 0) is 0 Å². The quantitative estimate of drug-likeness (QED) is 0.636. The second-order valence-corrected chi connectivity index (χ2v) is 5.11. The number of hydrogen-bond donors (Lipinski definition) is 1. The highest BCUT2D eigenvalue weighted by molar-refractivity contribution is 7.99. The molecule has 0 aromatic heterocycles. The molecule has 0 spiro atoms. The number of hydrogen-bond acceptors (Lipinski definition) is 3. The maximum atomic E-state index is 13.5. The largest absolute Gasteiger partial charge is 0.494 e. The third-order valence-electron chi connectivity index (χ3n) is 2.59. The van der Waals surface area contributed by atoms with Crippen molar-refractivity contribution in [3.8, 4) is 5.75 Å². The Hall–Kier alpha value is -1.68. The number of thioether (sulfide) groups is 1. The maximum Gasteiger partial charge on any atom is 0.167 e. The van der Waals surface area contributed by atoms with Crippen LogP contribution in [0.5, 0.6) is 5.75 Å². The van der Waals surface area contributed by atoms with E-state index in [4.69, 9.17) is 4.74 Å². The Bertz CT molecular complexity index is 519. The van der Waals surface area contributed by atoms with Crippen LogP contribution in [0.4, 0.5) is 10.1 Å². The number of methoxy groups -OCH3 is 1. The molecule has 0 unspecified atom stereocenters. The summed E-state index contributed by atoms with van der Waals surface area (Å²) >= 11 is 1.77. The molecule has 4 heteroatoms. The van der Waals surface area contributed by atoms with Gasteiger partial charge in [-0.2, -0.15) is 0 Å². The van der Waals surface area contributed by atoms with Gasteiger partial charge in [0.15, 0.2) is 11.6 Å². The first-order chi connectivity index (χ1) is 9.29. The summed E-state index contributed by atoms with van der Waals surface area (Å²) in [6.07, 6.45) is 0. The molecule has 2 aromatic rings. The Balaban J connectivity index is 1.78. The van der Waals surface area contributed by atoms with E-state index in [1.165, 1.54) is 18.1 Å². The van der Waals surface area contributed by atoms with Crippen LogP contribution in [0.2, 0.25) is 0 Å². The van der Waals surface area contributed by atoms with Crippen molar-refractivity contribution in [2.24, 2.45) is 0 Å². The number of nitrogens with one attached hydrogen (secondary N) is 1. The predicted octanol–water partition coefficient (Wildman–Crippen LogP) is 4.04. The van der Waals surface area contributed by atoms with Crippen LogP contribution in [-0.4, -0.2) is 19.4 Å². The zero-order valence-corrected chi connectivity index (χ0v) is 11.5. The van der Waals surface area contributed by atoms with E-state index in [0.717, 1.165) is 18.0 Å². The van der Waals surface area contributed by atoms with Crippen LogP contribution in [0.25, 0.3) is 0 Å². The average Bonchev–Trinajstić information content (AvgIpc) is 2.45. The minimum atomic E-state index is -0.344. The molecule has 0 saturated carbocycles. The van der Waals surface area contributed by atoms with Gasteiger partial charge in [-0.05, 0) is 24.3 Å². The molecular weight excluding hydrogens is 261 g/mol. The van der Waals surface area contributed by atoms with Gasteiger partial charge in [-0.1, -0.05) is 18.2 Å². The summed E-state index contributed by atoms with van der Waals surface area (Å²) in [5.41, 5.74) is 0.770. The maximum absolute atomic E-state index is 13.5. The van der Waals surface area contributed by atoms with Gasteiger partial charge < -0.3 is 10.1 Å². The molecule has 0 atom stereocenters. The van der Waals surface area contributed by atoms with Gasteiger partial charge in [-0.25, -0.2) is 4.39 Å². The molecule has 2 aromatic carbocycles. The fourth-order valence-electron chi connectivity index (χ4n) is 1.66. The lowest BCUT2D eigenvalue weighted by molar-refractivity contribution is 0.386. The molecular formula is C15H16FNOS. The minimum Gasteiger partial charge on any atom is -0.494 e. The molecule has 2 rings (SSSR count). The molecule has 19 heavy (non-hydrogen) atoms. The lowest BCUT2D eigenvalue weighted by Gasteiger charge is -2.08. The number of halogens is 1. The average molecular weight is 277 g/mol. The molecule has 0 amide bonds. The summed E-state index contributed by atoms with van der Waals surface area (Å²) in [5.74, 6) is 0.852. The van der Waals surface area contributed by atoms with Crippen LogP contribution in [0.15, 0.2) is 53.4 Å². The number of rotatable bonds is 6. The van der Waals surface area contributed by atoms with Crippen LogP contribution in [0, 0.1) is 5.82 Å². The Morgan fingerprint density at radius 1 is 1.16 bits per heavy atom. The fourth-order valence-corrected chi connectivity index (χ4v) is 2.45. The van der Waals surface area contributed by atoms with Crippen molar-refractivity contribution in [3.05, 3.63) is 54.3 Å². The van der Waals surface area contributed by atoms with Crippen LogP contribution in [0.1, 0.15) is 0 Å². The van der Waals surface area contributed by atoms with E-state index in [0.29, 0.717) is 0 Å². The molecule has 2 nitrogen and oxygen atoms in total. The van der Waals surface area contributed by atoms with E-state index in [2.05, 4.69) is 17.4 Å². The number of ether oxygens (including phenoxy) is 1. The first kappa shape index (κ1) is 13.7. The van der Waals surface area contributed by atoms with Crippen molar-refractivity contribution in [1.82, 2.24) is 0 Å². The molecule has 100 valence electrons. The van der Waals surface area contributed by atoms with E-state index in [1.54, 1.807) is 17.8 Å². The van der Waals surface area contributed by atoms with Crippen molar-refractivity contribution in [1.29, 1.82) is 0 Å². The summed E-state index contributed by atoms with van der Waals surface area (Å²) in [7, 11) is 1.46. The van der Waals surface area contributed by atoms with E-state index in [1.807, 2.05) is 24.3 Å². The first-order valence-corrected chi connectivity index (χ1v) is 7.03. The highest BCUT2D eigenvalue weighted by Crippen LogP contribution is 2.21. The molecule has 1 N–H and O–H groups in total. The zero-order chi connectivity index (χ0) is 13.5. The van der Waals surface area contributed by atoms with Gasteiger partial charge >= 0.3 is 0 Å². The van der Waals surface area contributed by atoms with E-state index in [-0.39, 0.29) is 11.6 Å².